The van der Waals surface area contributed by atoms with Crippen molar-refractivity contribution in [1.82, 2.24) is 9.80 Å². The molecule has 0 atom stereocenters. The van der Waals surface area contributed by atoms with Crippen molar-refractivity contribution in [2.75, 3.05) is 26.2 Å². The fourth-order valence-corrected chi connectivity index (χ4v) is 4.60. The number of carbonyl (C=O) groups is 1. The molecule has 0 unspecified atom stereocenters. The Morgan fingerprint density at radius 1 is 1.00 bits per heavy atom. The normalized spacial score (nSPS) is 14.1. The molecule has 3 aromatic carbocycles. The van der Waals surface area contributed by atoms with Gasteiger partial charge in [-0.15, -0.1) is 0 Å². The van der Waals surface area contributed by atoms with Crippen LogP contribution in [0.4, 0.5) is 5.69 Å². The molecule has 0 saturated carbocycles. The highest BCUT2D eigenvalue weighted by atomic mass is 35.5. The predicted octanol–water partition coefficient (Wildman–Crippen LogP) is 5.75. The molecular weight excluding hydrogens is 489 g/mol. The number of nitro groups is 1. The van der Waals surface area contributed by atoms with Crippen LogP contribution >= 0.6 is 23.2 Å². The molecule has 7 nitrogen and oxygen atoms in total. The quantitative estimate of drug-likeness (QED) is 0.297. The number of amides is 1. The Balaban J connectivity index is 1.33. The third kappa shape index (κ3) is 6.11. The molecule has 0 spiro atoms. The van der Waals surface area contributed by atoms with E-state index < -0.39 is 4.92 Å². The summed E-state index contributed by atoms with van der Waals surface area (Å²) >= 11 is 12.6. The van der Waals surface area contributed by atoms with Gasteiger partial charge in [0.05, 0.1) is 4.92 Å². The fourth-order valence-electron chi connectivity index (χ4n) is 4.08. The molecule has 4 rings (SSSR count). The van der Waals surface area contributed by atoms with Gasteiger partial charge in [0.2, 0.25) is 0 Å². The Bertz CT molecular complexity index is 1220. The van der Waals surface area contributed by atoms with E-state index in [2.05, 4.69) is 4.90 Å². The molecule has 9 heteroatoms. The van der Waals surface area contributed by atoms with Crippen molar-refractivity contribution in [3.05, 3.63) is 103 Å². The van der Waals surface area contributed by atoms with E-state index in [-0.39, 0.29) is 18.2 Å². The average molecular weight is 514 g/mol. The third-order valence-electron chi connectivity index (χ3n) is 6.05. The lowest BCUT2D eigenvalue weighted by molar-refractivity contribution is -0.385. The summed E-state index contributed by atoms with van der Waals surface area (Å²) in [7, 11) is 0. The molecule has 0 bridgehead atoms. The Labute approximate surface area is 214 Å². The van der Waals surface area contributed by atoms with Crippen LogP contribution in [0.2, 0.25) is 10.0 Å². The lowest BCUT2D eigenvalue weighted by Crippen LogP contribution is -2.48. The van der Waals surface area contributed by atoms with E-state index in [1.165, 1.54) is 6.07 Å². The van der Waals surface area contributed by atoms with Gasteiger partial charge in [-0.3, -0.25) is 19.8 Å². The number of halogens is 2. The summed E-state index contributed by atoms with van der Waals surface area (Å²) in [5.74, 6) is 0.521. The van der Waals surface area contributed by atoms with Crippen LogP contribution in [0, 0.1) is 17.0 Å². The summed E-state index contributed by atoms with van der Waals surface area (Å²) < 4.78 is 5.80. The van der Waals surface area contributed by atoms with E-state index in [0.29, 0.717) is 46.6 Å². The van der Waals surface area contributed by atoms with Crippen LogP contribution in [0.3, 0.4) is 0 Å². The summed E-state index contributed by atoms with van der Waals surface area (Å²) in [5.41, 5.74) is 2.95. The van der Waals surface area contributed by atoms with Gasteiger partial charge in [-0.1, -0.05) is 41.4 Å². The molecule has 0 aromatic heterocycles. The average Bonchev–Trinajstić information content (AvgIpc) is 2.85. The van der Waals surface area contributed by atoms with Crippen LogP contribution < -0.4 is 4.74 Å². The highest BCUT2D eigenvalue weighted by molar-refractivity contribution is 6.35. The highest BCUT2D eigenvalue weighted by Crippen LogP contribution is 2.26. The second-order valence-corrected chi connectivity index (χ2v) is 9.28. The Kier molecular flexibility index (Phi) is 7.90. The number of carbonyl (C=O) groups excluding carboxylic acids is 1. The number of rotatable bonds is 7. The zero-order valence-corrected chi connectivity index (χ0v) is 20.8. The Morgan fingerprint density at radius 2 is 1.69 bits per heavy atom. The minimum atomic E-state index is -0.417. The van der Waals surface area contributed by atoms with Gasteiger partial charge in [0.15, 0.2) is 0 Å². The second kappa shape index (κ2) is 11.1. The van der Waals surface area contributed by atoms with Gasteiger partial charge in [0, 0.05) is 65.5 Å². The summed E-state index contributed by atoms with van der Waals surface area (Å²) in [6.07, 6.45) is 0. The number of hydrogen-bond acceptors (Lipinski definition) is 5. The van der Waals surface area contributed by atoms with Crippen LogP contribution in [0.15, 0.2) is 60.7 Å². The van der Waals surface area contributed by atoms with Gasteiger partial charge >= 0.3 is 0 Å². The first kappa shape index (κ1) is 25.0. The van der Waals surface area contributed by atoms with Gasteiger partial charge in [0.25, 0.3) is 11.6 Å². The molecule has 1 heterocycles. The number of piperazine rings is 1. The Morgan fingerprint density at radius 3 is 2.34 bits per heavy atom. The molecule has 182 valence electrons. The van der Waals surface area contributed by atoms with Crippen molar-refractivity contribution < 1.29 is 14.5 Å². The number of nitro benzene ring substituents is 1. The maximum absolute atomic E-state index is 13.1. The molecule has 0 N–H and O–H groups in total. The smallest absolute Gasteiger partial charge is 0.272 e. The van der Waals surface area contributed by atoms with Crippen LogP contribution in [0.5, 0.6) is 5.75 Å². The molecule has 3 aromatic rings. The van der Waals surface area contributed by atoms with Crippen molar-refractivity contribution in [3.8, 4) is 5.75 Å². The lowest BCUT2D eigenvalue weighted by atomic mass is 10.1. The number of hydrogen-bond donors (Lipinski definition) is 0. The molecule has 1 amide bonds. The predicted molar refractivity (Wildman–Crippen MR) is 136 cm³/mol. The van der Waals surface area contributed by atoms with E-state index in [9.17, 15) is 14.9 Å². The largest absolute Gasteiger partial charge is 0.489 e. The molecule has 1 aliphatic rings. The van der Waals surface area contributed by atoms with Crippen LogP contribution in [-0.2, 0) is 13.2 Å². The molecular formula is C26H25Cl2N3O4. The second-order valence-electron chi connectivity index (χ2n) is 8.46. The summed E-state index contributed by atoms with van der Waals surface area (Å²) in [6, 6.07) is 17.5. The Hall–Kier alpha value is -3.13. The van der Waals surface area contributed by atoms with Crippen LogP contribution in [-0.4, -0.2) is 46.8 Å². The topological polar surface area (TPSA) is 75.9 Å². The van der Waals surface area contributed by atoms with E-state index in [0.717, 1.165) is 24.2 Å². The number of aryl methyl sites for hydroxylation is 1. The van der Waals surface area contributed by atoms with E-state index in [1.807, 2.05) is 41.3 Å². The maximum atomic E-state index is 13.1. The third-order valence-corrected chi connectivity index (χ3v) is 6.76. The van der Waals surface area contributed by atoms with Crippen molar-refractivity contribution in [1.29, 1.82) is 0 Å². The first-order valence-corrected chi connectivity index (χ1v) is 12.0. The summed E-state index contributed by atoms with van der Waals surface area (Å²) in [4.78, 5) is 27.8. The molecule has 1 fully saturated rings. The van der Waals surface area contributed by atoms with Crippen molar-refractivity contribution in [2.45, 2.75) is 20.1 Å². The minimum Gasteiger partial charge on any atom is -0.489 e. The number of benzene rings is 3. The first-order chi connectivity index (χ1) is 16.8. The first-order valence-electron chi connectivity index (χ1n) is 11.2. The molecule has 1 aliphatic heterocycles. The zero-order chi connectivity index (χ0) is 24.9. The SMILES string of the molecule is Cc1cc(OCc2cccc(C(=O)N3CCN(Cc4c(Cl)cccc4Cl)CC3)c2)ccc1[N+](=O)[O-]. The van der Waals surface area contributed by atoms with Crippen LogP contribution in [0.25, 0.3) is 0 Å². The molecule has 35 heavy (non-hydrogen) atoms. The molecule has 0 radical (unpaired) electrons. The summed E-state index contributed by atoms with van der Waals surface area (Å²) in [5, 5.41) is 12.3. The standard InChI is InChI=1S/C26H25Cl2N3O4/c1-18-14-21(8-9-25(18)31(33)34)35-17-19-4-2-5-20(15-19)26(32)30-12-10-29(11-13-30)16-22-23(27)6-3-7-24(22)28/h2-9,14-15H,10-13,16-17H2,1H3. The number of ether oxygens (including phenoxy) is 1. The maximum Gasteiger partial charge on any atom is 0.272 e. The van der Waals surface area contributed by atoms with E-state index in [4.69, 9.17) is 27.9 Å². The summed E-state index contributed by atoms with van der Waals surface area (Å²) in [6.45, 7) is 5.27. The van der Waals surface area contributed by atoms with E-state index >= 15 is 0 Å². The minimum absolute atomic E-state index is 0.0199. The van der Waals surface area contributed by atoms with Gasteiger partial charge in [-0.05, 0) is 48.9 Å². The van der Waals surface area contributed by atoms with Gasteiger partial charge in [0.1, 0.15) is 12.4 Å². The monoisotopic (exact) mass is 513 g/mol. The van der Waals surface area contributed by atoms with Crippen molar-refractivity contribution in [2.24, 2.45) is 0 Å². The molecule has 1 saturated heterocycles. The van der Waals surface area contributed by atoms with Crippen molar-refractivity contribution >= 4 is 34.8 Å². The van der Waals surface area contributed by atoms with Gasteiger partial charge in [-0.2, -0.15) is 0 Å². The van der Waals surface area contributed by atoms with E-state index in [1.54, 1.807) is 25.1 Å². The molecule has 0 aliphatic carbocycles. The highest BCUT2D eigenvalue weighted by Gasteiger charge is 2.23. The van der Waals surface area contributed by atoms with Crippen molar-refractivity contribution in [3.63, 3.8) is 0 Å². The number of nitrogens with zero attached hydrogens (tertiary/aromatic N) is 3. The van der Waals surface area contributed by atoms with Gasteiger partial charge in [-0.25, -0.2) is 0 Å². The van der Waals surface area contributed by atoms with Crippen LogP contribution in [0.1, 0.15) is 27.0 Å². The zero-order valence-electron chi connectivity index (χ0n) is 19.2. The fraction of sp³-hybridized carbons (Fsp3) is 0.269. The van der Waals surface area contributed by atoms with Gasteiger partial charge < -0.3 is 9.64 Å². The lowest BCUT2D eigenvalue weighted by Gasteiger charge is -2.35.